The summed E-state index contributed by atoms with van der Waals surface area (Å²) in [5, 5.41) is 1.06. The summed E-state index contributed by atoms with van der Waals surface area (Å²) in [4.78, 5) is 12.9. The zero-order valence-corrected chi connectivity index (χ0v) is 17.7. The Hall–Kier alpha value is -2.57. The van der Waals surface area contributed by atoms with Crippen LogP contribution in [0.25, 0.3) is 0 Å². The minimum absolute atomic E-state index is 0.192. The Morgan fingerprint density at radius 2 is 1.41 bits per heavy atom. The third-order valence-electron chi connectivity index (χ3n) is 6.06. The molecule has 0 radical (unpaired) electrons. The fraction of sp³-hybridized carbons (Fsp3) is 0.231. The lowest BCUT2D eigenvalue weighted by Crippen LogP contribution is -2.31. The second-order valence-electron chi connectivity index (χ2n) is 7.50. The summed E-state index contributed by atoms with van der Waals surface area (Å²) in [5.41, 5.74) is 2.59. The Morgan fingerprint density at radius 3 is 1.93 bits per heavy atom. The fourth-order valence-electron chi connectivity index (χ4n) is 4.97. The fourth-order valence-corrected chi connectivity index (χ4v) is 10.1. The number of carbonyl (C=O) groups is 1. The van der Waals surface area contributed by atoms with Crippen LogP contribution >= 0.6 is 6.89 Å². The molecule has 1 aliphatic rings. The summed E-state index contributed by atoms with van der Waals surface area (Å²) < 4.78 is 5.45. The zero-order chi connectivity index (χ0) is 20.2. The molecule has 1 aliphatic heterocycles. The van der Waals surface area contributed by atoms with Crippen LogP contribution in [0.15, 0.2) is 91.0 Å². The largest absolute Gasteiger partial charge is 0.463 e. The van der Waals surface area contributed by atoms with Crippen molar-refractivity contribution in [3.05, 3.63) is 102 Å². The average Bonchev–Trinajstić information content (AvgIpc) is 3.16. The molecule has 0 spiro atoms. The molecule has 3 aromatic carbocycles. The van der Waals surface area contributed by atoms with Gasteiger partial charge in [-0.1, -0.05) is 97.9 Å². The molecule has 0 amide bonds. The molecule has 29 heavy (non-hydrogen) atoms. The van der Waals surface area contributed by atoms with Gasteiger partial charge in [0.25, 0.3) is 0 Å². The summed E-state index contributed by atoms with van der Waals surface area (Å²) in [6.45, 7) is 0.198. The summed E-state index contributed by atoms with van der Waals surface area (Å²) in [7, 11) is 0. The summed E-state index contributed by atoms with van der Waals surface area (Å²) in [6, 6.07) is 32.1. The van der Waals surface area contributed by atoms with Crippen LogP contribution < -0.4 is 5.30 Å². The highest BCUT2D eigenvalue weighted by atomic mass is 31.2. The molecular formula is C26H27O2P. The predicted octanol–water partition coefficient (Wildman–Crippen LogP) is 5.43. The maximum atomic E-state index is 12.9. The van der Waals surface area contributed by atoms with Crippen molar-refractivity contribution in [1.29, 1.82) is 0 Å². The van der Waals surface area contributed by atoms with E-state index < -0.39 is 6.89 Å². The van der Waals surface area contributed by atoms with E-state index in [9.17, 15) is 4.79 Å². The number of hydrogen-bond donors (Lipinski definition) is 0. The lowest BCUT2D eigenvalue weighted by Gasteiger charge is -2.43. The van der Waals surface area contributed by atoms with Crippen molar-refractivity contribution >= 4 is 24.0 Å². The van der Waals surface area contributed by atoms with E-state index in [0.717, 1.165) is 19.0 Å². The van der Waals surface area contributed by atoms with Crippen LogP contribution in [0.1, 0.15) is 30.9 Å². The van der Waals surface area contributed by atoms with Crippen LogP contribution in [0, 0.1) is 0 Å². The highest BCUT2D eigenvalue weighted by Gasteiger charge is 2.51. The molecular weight excluding hydrogens is 375 g/mol. The molecule has 1 atom stereocenters. The number of carbonyl (C=O) groups excluding carboxylic acids is 1. The van der Waals surface area contributed by atoms with Crippen LogP contribution in [-0.4, -0.2) is 24.5 Å². The van der Waals surface area contributed by atoms with Crippen molar-refractivity contribution in [1.82, 2.24) is 0 Å². The summed E-state index contributed by atoms with van der Waals surface area (Å²) >= 11 is 0. The first-order valence-corrected chi connectivity index (χ1v) is 12.3. The van der Waals surface area contributed by atoms with E-state index in [1.165, 1.54) is 16.4 Å². The van der Waals surface area contributed by atoms with E-state index in [-0.39, 0.29) is 11.1 Å². The average molecular weight is 402 g/mol. The number of hydrogen-bond acceptors (Lipinski definition) is 2. The van der Waals surface area contributed by atoms with Crippen molar-refractivity contribution < 1.29 is 9.53 Å². The summed E-state index contributed by atoms with van der Waals surface area (Å²) in [6.07, 6.45) is 3.13. The molecule has 2 nitrogen and oxygen atoms in total. The van der Waals surface area contributed by atoms with Gasteiger partial charge in [0, 0.05) is 11.0 Å². The normalized spacial score (nSPS) is 20.2. The van der Waals surface area contributed by atoms with Gasteiger partial charge in [-0.3, -0.25) is 0 Å². The minimum Gasteiger partial charge on any atom is -0.463 e. The molecule has 0 aromatic heterocycles. The predicted molar refractivity (Wildman–Crippen MR) is 123 cm³/mol. The number of benzene rings is 3. The van der Waals surface area contributed by atoms with Gasteiger partial charge in [0.2, 0.25) is 0 Å². The molecule has 0 aliphatic carbocycles. The van der Waals surface area contributed by atoms with E-state index >= 15 is 0 Å². The number of rotatable bonds is 5. The first kappa shape index (κ1) is 19.7. The van der Waals surface area contributed by atoms with Crippen molar-refractivity contribution in [2.75, 3.05) is 12.8 Å². The van der Waals surface area contributed by atoms with Gasteiger partial charge in [-0.25, -0.2) is 4.79 Å². The molecule has 4 rings (SSSR count). The standard InChI is InChI=1S/C26H27O2P/c1-2-28-25(27)21-29(24-17-10-5-11-18-24)20-12-19-26(29,22-13-6-3-7-14-22)23-15-8-4-9-16-23/h3-11,13-18,21H,2,12,19-20H2,1H3. The summed E-state index contributed by atoms with van der Waals surface area (Å²) in [5.74, 6) is 1.78. The monoisotopic (exact) mass is 402 g/mol. The van der Waals surface area contributed by atoms with E-state index in [4.69, 9.17) is 4.74 Å². The van der Waals surface area contributed by atoms with Crippen LogP contribution in [0.5, 0.6) is 0 Å². The second kappa shape index (κ2) is 8.43. The van der Waals surface area contributed by atoms with Gasteiger partial charge < -0.3 is 4.74 Å². The maximum absolute atomic E-state index is 12.9. The van der Waals surface area contributed by atoms with Gasteiger partial charge in [0.15, 0.2) is 0 Å². The van der Waals surface area contributed by atoms with Gasteiger partial charge in [-0.2, -0.15) is 0 Å². The van der Waals surface area contributed by atoms with Crippen molar-refractivity contribution in [2.45, 2.75) is 24.9 Å². The van der Waals surface area contributed by atoms with E-state index in [2.05, 4.69) is 84.9 Å². The first-order valence-electron chi connectivity index (χ1n) is 10.3. The molecule has 1 saturated heterocycles. The molecule has 0 N–H and O–H groups in total. The molecule has 0 bridgehead atoms. The quantitative estimate of drug-likeness (QED) is 0.420. The Bertz CT molecular complexity index is 971. The molecule has 3 heteroatoms. The van der Waals surface area contributed by atoms with Crippen LogP contribution in [0.2, 0.25) is 0 Å². The zero-order valence-electron chi connectivity index (χ0n) is 16.8. The minimum atomic E-state index is -2.07. The Kier molecular flexibility index (Phi) is 5.74. The Balaban J connectivity index is 2.09. The number of esters is 1. The topological polar surface area (TPSA) is 26.3 Å². The third kappa shape index (κ3) is 3.36. The van der Waals surface area contributed by atoms with Gasteiger partial charge >= 0.3 is 5.97 Å². The van der Waals surface area contributed by atoms with E-state index in [1.807, 2.05) is 18.8 Å². The van der Waals surface area contributed by atoms with Crippen LogP contribution in [0.3, 0.4) is 0 Å². The van der Waals surface area contributed by atoms with Gasteiger partial charge in [0.05, 0.1) is 6.61 Å². The van der Waals surface area contributed by atoms with E-state index in [1.54, 1.807) is 0 Å². The highest BCUT2D eigenvalue weighted by molar-refractivity contribution is 7.84. The lowest BCUT2D eigenvalue weighted by molar-refractivity contribution is -0.134. The number of ether oxygens (including phenoxy) is 1. The van der Waals surface area contributed by atoms with E-state index in [0.29, 0.717) is 6.61 Å². The smallest absolute Gasteiger partial charge is 0.331 e. The van der Waals surface area contributed by atoms with Gasteiger partial charge in [0.1, 0.15) is 0 Å². The van der Waals surface area contributed by atoms with Crippen molar-refractivity contribution in [3.8, 4) is 0 Å². The lowest BCUT2D eigenvalue weighted by atomic mass is 9.87. The van der Waals surface area contributed by atoms with Gasteiger partial charge in [-0.05, 0) is 42.4 Å². The third-order valence-corrected chi connectivity index (χ3v) is 11.1. The molecule has 0 saturated carbocycles. The second-order valence-corrected chi connectivity index (χ2v) is 11.2. The SMILES string of the molecule is CCOC(=O)C=P1(c2ccccc2)CCCC1(c1ccccc1)c1ccccc1. The first-order chi connectivity index (χ1) is 14.2. The molecule has 1 unspecified atom stereocenters. The van der Waals surface area contributed by atoms with Crippen molar-refractivity contribution in [2.24, 2.45) is 0 Å². The van der Waals surface area contributed by atoms with Crippen LogP contribution in [0.4, 0.5) is 0 Å². The van der Waals surface area contributed by atoms with Gasteiger partial charge in [-0.15, -0.1) is 0 Å². The maximum Gasteiger partial charge on any atom is 0.331 e. The molecule has 3 aromatic rings. The van der Waals surface area contributed by atoms with Crippen molar-refractivity contribution in [3.63, 3.8) is 0 Å². The molecule has 1 heterocycles. The Morgan fingerprint density at radius 1 is 0.897 bits per heavy atom. The Labute approximate surface area is 173 Å². The highest BCUT2D eigenvalue weighted by Crippen LogP contribution is 2.72. The molecule has 148 valence electrons. The molecule has 1 fully saturated rings. The van der Waals surface area contributed by atoms with Crippen LogP contribution in [-0.2, 0) is 14.7 Å².